The maximum Gasteiger partial charge on any atom is 0.218 e. The number of fused-ring (bicyclic) bond motifs is 3. The lowest BCUT2D eigenvalue weighted by Gasteiger charge is -2.50. The molecule has 1 aromatic heterocycles. The number of halogens is 1. The lowest BCUT2D eigenvalue weighted by Crippen LogP contribution is -2.68. The van der Waals surface area contributed by atoms with E-state index in [1.165, 1.54) is 12.1 Å². The van der Waals surface area contributed by atoms with E-state index in [2.05, 4.69) is 29.4 Å². The van der Waals surface area contributed by atoms with Crippen molar-refractivity contribution < 1.29 is 13.7 Å². The minimum absolute atomic E-state index is 0.203. The molecule has 4 heterocycles. The summed E-state index contributed by atoms with van der Waals surface area (Å²) in [6, 6.07) is 8.74. The number of quaternary nitrogens is 1. The first-order chi connectivity index (χ1) is 13.0. The molecule has 0 amide bonds. The number of Topliss-reactive ketones (excluding diaryl/α,β-unsaturated/α-hetero) is 1. The smallest absolute Gasteiger partial charge is 0.218 e. The van der Waals surface area contributed by atoms with Gasteiger partial charge in [0, 0.05) is 43.1 Å². The van der Waals surface area contributed by atoms with E-state index in [4.69, 9.17) is 0 Å². The van der Waals surface area contributed by atoms with Gasteiger partial charge < -0.3 is 9.05 Å². The van der Waals surface area contributed by atoms with Gasteiger partial charge >= 0.3 is 0 Å². The summed E-state index contributed by atoms with van der Waals surface area (Å²) in [5.41, 5.74) is 4.18. The van der Waals surface area contributed by atoms with Crippen LogP contribution in [-0.2, 0) is 13.0 Å². The minimum atomic E-state index is -0.203. The molecule has 0 aliphatic carbocycles. The zero-order valence-corrected chi connectivity index (χ0v) is 16.4. The number of rotatable bonds is 6. The van der Waals surface area contributed by atoms with E-state index in [-0.39, 0.29) is 11.6 Å². The second-order valence-electron chi connectivity index (χ2n) is 8.25. The van der Waals surface area contributed by atoms with Crippen LogP contribution in [0.15, 0.2) is 30.3 Å². The number of hydrogen-bond acceptors (Lipinski definition) is 2. The highest BCUT2D eigenvalue weighted by Crippen LogP contribution is 2.23. The van der Waals surface area contributed by atoms with Gasteiger partial charge in [0.05, 0.1) is 19.6 Å². The third kappa shape index (κ3) is 3.71. The number of carbonyl (C=O) groups excluding carboxylic acids is 1. The van der Waals surface area contributed by atoms with Crippen molar-refractivity contribution in [3.8, 4) is 0 Å². The Bertz CT molecular complexity index is 818. The number of aryl methyl sites for hydroxylation is 2. The van der Waals surface area contributed by atoms with Crippen molar-refractivity contribution in [2.75, 3.05) is 45.8 Å². The van der Waals surface area contributed by atoms with Crippen LogP contribution < -0.4 is 0 Å². The summed E-state index contributed by atoms with van der Waals surface area (Å²) in [6.45, 7) is 12.3. The van der Waals surface area contributed by atoms with Crippen LogP contribution >= 0.6 is 0 Å². The van der Waals surface area contributed by atoms with E-state index in [1.807, 2.05) is 12.1 Å². The second kappa shape index (κ2) is 7.21. The van der Waals surface area contributed by atoms with Crippen molar-refractivity contribution in [1.82, 2.24) is 9.47 Å². The normalized spacial score (nSPS) is 24.3. The summed E-state index contributed by atoms with van der Waals surface area (Å²) in [7, 11) is 0. The Morgan fingerprint density at radius 2 is 1.70 bits per heavy atom. The Balaban J connectivity index is 1.46. The Kier molecular flexibility index (Phi) is 4.91. The van der Waals surface area contributed by atoms with Crippen LogP contribution in [0.5, 0.6) is 0 Å². The highest BCUT2D eigenvalue weighted by molar-refractivity contribution is 5.98. The van der Waals surface area contributed by atoms with Gasteiger partial charge in [0.1, 0.15) is 12.4 Å². The first-order valence-corrected chi connectivity index (χ1v) is 9.98. The molecule has 2 aromatic rings. The van der Waals surface area contributed by atoms with Crippen molar-refractivity contribution in [1.29, 1.82) is 0 Å². The van der Waals surface area contributed by atoms with E-state index >= 15 is 0 Å². The number of hydrogen-bond donors (Lipinski definition) is 0. The fraction of sp³-hybridized carbons (Fsp3) is 0.500. The van der Waals surface area contributed by atoms with Gasteiger partial charge in [-0.3, -0.25) is 9.69 Å². The molecule has 0 unspecified atom stereocenters. The van der Waals surface area contributed by atoms with Crippen LogP contribution in [0.3, 0.4) is 0 Å². The molecule has 3 aliphatic rings. The average Bonchev–Trinajstić information content (AvgIpc) is 2.96. The molecular weight excluding hydrogens is 341 g/mol. The number of nitrogens with zero attached hydrogens (tertiary/aromatic N) is 3. The molecule has 5 heteroatoms. The molecule has 1 aromatic carbocycles. The van der Waals surface area contributed by atoms with E-state index in [0.717, 1.165) is 79.2 Å². The fourth-order valence-corrected chi connectivity index (χ4v) is 4.68. The maximum absolute atomic E-state index is 13.1. The molecular formula is C22H29FN3O+. The summed E-state index contributed by atoms with van der Waals surface area (Å²) >= 11 is 0. The minimum Gasteiger partial charge on any atom is -0.348 e. The van der Waals surface area contributed by atoms with Crippen LogP contribution in [0.2, 0.25) is 0 Å². The van der Waals surface area contributed by atoms with Crippen molar-refractivity contribution in [2.45, 2.75) is 26.8 Å². The lowest BCUT2D eigenvalue weighted by molar-refractivity contribution is -0.933. The summed E-state index contributed by atoms with van der Waals surface area (Å²) in [5, 5.41) is 0. The molecule has 2 bridgehead atoms. The van der Waals surface area contributed by atoms with Crippen molar-refractivity contribution in [2.24, 2.45) is 0 Å². The highest BCUT2D eigenvalue weighted by Gasteiger charge is 2.40. The predicted octanol–water partition coefficient (Wildman–Crippen LogP) is 2.82. The van der Waals surface area contributed by atoms with Crippen LogP contribution in [0, 0.1) is 19.7 Å². The van der Waals surface area contributed by atoms with Crippen molar-refractivity contribution in [3.05, 3.63) is 58.7 Å². The largest absolute Gasteiger partial charge is 0.348 e. The third-order valence-electron chi connectivity index (χ3n) is 6.56. The molecule has 3 aliphatic heterocycles. The Morgan fingerprint density at radius 1 is 1.07 bits per heavy atom. The van der Waals surface area contributed by atoms with Crippen molar-refractivity contribution >= 4 is 5.78 Å². The van der Waals surface area contributed by atoms with Gasteiger partial charge in [-0.05, 0) is 44.0 Å². The first kappa shape index (κ1) is 18.4. The fourth-order valence-electron chi connectivity index (χ4n) is 4.68. The van der Waals surface area contributed by atoms with E-state index < -0.39 is 0 Å². The molecule has 0 spiro atoms. The zero-order chi connectivity index (χ0) is 19.0. The molecule has 5 rings (SSSR count). The Morgan fingerprint density at radius 3 is 2.33 bits per heavy atom. The van der Waals surface area contributed by atoms with Gasteiger partial charge in [-0.15, -0.1) is 0 Å². The predicted molar refractivity (Wildman–Crippen MR) is 105 cm³/mol. The Hall–Kier alpha value is -1.98. The van der Waals surface area contributed by atoms with E-state index in [9.17, 15) is 9.18 Å². The SMILES string of the molecule is Cc1cc(C(=O)C[N+]23CCN(CC2)CC3)c(C)n1CCc1ccc(F)cc1. The van der Waals surface area contributed by atoms with Crippen LogP contribution in [0.25, 0.3) is 0 Å². The molecule has 3 fully saturated rings. The zero-order valence-electron chi connectivity index (χ0n) is 16.4. The molecule has 3 saturated heterocycles. The van der Waals surface area contributed by atoms with E-state index in [0.29, 0.717) is 6.54 Å². The number of piperazine rings is 3. The van der Waals surface area contributed by atoms with Gasteiger partial charge in [-0.25, -0.2) is 4.39 Å². The van der Waals surface area contributed by atoms with Gasteiger partial charge in [-0.2, -0.15) is 0 Å². The topological polar surface area (TPSA) is 25.2 Å². The summed E-state index contributed by atoms with van der Waals surface area (Å²) < 4.78 is 16.3. The molecule has 27 heavy (non-hydrogen) atoms. The number of ketones is 1. The van der Waals surface area contributed by atoms with Gasteiger partial charge in [-0.1, -0.05) is 12.1 Å². The number of aromatic nitrogens is 1. The highest BCUT2D eigenvalue weighted by atomic mass is 19.1. The van der Waals surface area contributed by atoms with Gasteiger partial charge in [0.25, 0.3) is 0 Å². The average molecular weight is 370 g/mol. The molecule has 144 valence electrons. The summed E-state index contributed by atoms with van der Waals surface area (Å²) in [6.07, 6.45) is 0.833. The molecule has 4 nitrogen and oxygen atoms in total. The van der Waals surface area contributed by atoms with Crippen LogP contribution in [0.4, 0.5) is 4.39 Å². The first-order valence-electron chi connectivity index (χ1n) is 9.98. The van der Waals surface area contributed by atoms with E-state index in [1.54, 1.807) is 0 Å². The quantitative estimate of drug-likeness (QED) is 0.577. The molecule has 0 atom stereocenters. The van der Waals surface area contributed by atoms with Crippen LogP contribution in [0.1, 0.15) is 27.3 Å². The third-order valence-corrected chi connectivity index (χ3v) is 6.56. The molecule has 0 saturated carbocycles. The second-order valence-corrected chi connectivity index (χ2v) is 8.25. The van der Waals surface area contributed by atoms with Gasteiger partial charge in [0.15, 0.2) is 0 Å². The summed E-state index contributed by atoms with van der Waals surface area (Å²) in [5.74, 6) is 0.0810. The van der Waals surface area contributed by atoms with Crippen molar-refractivity contribution in [3.63, 3.8) is 0 Å². The monoisotopic (exact) mass is 370 g/mol. The summed E-state index contributed by atoms with van der Waals surface area (Å²) in [4.78, 5) is 15.6. The molecule has 0 N–H and O–H groups in total. The number of carbonyl (C=O) groups is 1. The lowest BCUT2D eigenvalue weighted by atomic mass is 10.1. The maximum atomic E-state index is 13.1. The number of benzene rings is 1. The standard InChI is InChI=1S/C22H29FN3O/c1-17-15-21(22(27)16-26-12-9-24(10-13-26)11-14-26)18(2)25(17)8-7-19-3-5-20(23)6-4-19/h3-6,15H,7-14,16H2,1-2H3/q+1. The Labute approximate surface area is 160 Å². The molecule has 0 radical (unpaired) electrons. The van der Waals surface area contributed by atoms with Crippen LogP contribution in [-0.4, -0.2) is 65.5 Å². The van der Waals surface area contributed by atoms with Gasteiger partial charge in [0.2, 0.25) is 5.78 Å².